The van der Waals surface area contributed by atoms with Crippen LogP contribution in [0.25, 0.3) is 0 Å². The minimum absolute atomic E-state index is 0. The largest absolute Gasteiger partial charge is 0.393 e. The van der Waals surface area contributed by atoms with Crippen LogP contribution >= 0.6 is 12.4 Å². The van der Waals surface area contributed by atoms with Crippen molar-refractivity contribution < 1.29 is 19.1 Å². The minimum atomic E-state index is -0.287. The second-order valence-corrected chi connectivity index (χ2v) is 10.9. The van der Waals surface area contributed by atoms with Gasteiger partial charge in [0.25, 0.3) is 0 Å². The molecule has 3 aliphatic rings. The third-order valence-corrected chi connectivity index (χ3v) is 8.08. The highest BCUT2D eigenvalue weighted by molar-refractivity contribution is 5.97. The summed E-state index contributed by atoms with van der Waals surface area (Å²) >= 11 is 0. The van der Waals surface area contributed by atoms with Gasteiger partial charge in [0.15, 0.2) is 5.78 Å². The lowest BCUT2D eigenvalue weighted by atomic mass is 9.84. The molecule has 1 aliphatic heterocycles. The van der Waals surface area contributed by atoms with Crippen molar-refractivity contribution in [3.8, 4) is 0 Å². The number of hydrogen-bond donors (Lipinski definition) is 3. The standard InChI is InChI=1S/C20H29FN2O.C8H15NO2.ClH/c21-18-5-3-16(4-6-18)20(24)17-10-13-23(14-11-17)12-9-15-1-7-19(22)8-2-15;9-8(11)5-6-2-1-3-7(10)4-6;/h3-6,15,17,19H,1-2,7-14,22H2;6-7,10H,1-5H2,(H2,9,11);1H. The number of benzene rings is 1. The second-order valence-electron chi connectivity index (χ2n) is 10.9. The summed E-state index contributed by atoms with van der Waals surface area (Å²) < 4.78 is 13.0. The third-order valence-electron chi connectivity index (χ3n) is 8.08. The van der Waals surface area contributed by atoms with Gasteiger partial charge in [0.05, 0.1) is 6.10 Å². The number of carbonyl (C=O) groups is 2. The highest BCUT2D eigenvalue weighted by atomic mass is 35.5. The Hall–Kier alpha value is -1.54. The van der Waals surface area contributed by atoms with Crippen LogP contribution in [-0.4, -0.2) is 53.5 Å². The molecule has 2 unspecified atom stereocenters. The number of hydrogen-bond acceptors (Lipinski definition) is 5. The van der Waals surface area contributed by atoms with Crippen molar-refractivity contribution in [1.29, 1.82) is 0 Å². The smallest absolute Gasteiger partial charge is 0.217 e. The summed E-state index contributed by atoms with van der Waals surface area (Å²) in [6.45, 7) is 3.16. The number of Topliss-reactive ketones (excluding diaryl/α,β-unsaturated/α-hetero) is 1. The third kappa shape index (κ3) is 10.4. The van der Waals surface area contributed by atoms with Crippen molar-refractivity contribution in [1.82, 2.24) is 4.90 Å². The number of aliphatic hydroxyl groups is 1. The van der Waals surface area contributed by atoms with Gasteiger partial charge in [-0.25, -0.2) is 4.39 Å². The molecule has 2 aliphatic carbocycles. The van der Waals surface area contributed by atoms with Crippen molar-refractivity contribution in [2.45, 2.75) is 89.2 Å². The summed E-state index contributed by atoms with van der Waals surface area (Å²) in [6, 6.07) is 6.39. The molecule has 4 rings (SSSR count). The number of likely N-dealkylation sites (tertiary alicyclic amines) is 1. The van der Waals surface area contributed by atoms with E-state index in [9.17, 15) is 19.1 Å². The Bertz CT molecular complexity index is 794. The molecule has 3 fully saturated rings. The molecule has 2 saturated carbocycles. The van der Waals surface area contributed by atoms with Crippen LogP contribution in [0.1, 0.15) is 87.4 Å². The maximum Gasteiger partial charge on any atom is 0.217 e. The molecule has 1 saturated heterocycles. The number of halogens is 2. The molecule has 5 N–H and O–H groups in total. The van der Waals surface area contributed by atoms with Gasteiger partial charge < -0.3 is 21.5 Å². The molecule has 1 aromatic carbocycles. The first-order valence-corrected chi connectivity index (χ1v) is 13.5. The SMILES string of the molecule is Cl.NC(=O)CC1CCCC(O)C1.NC1CCC(CCN2CCC(C(=O)c3ccc(F)cc3)CC2)CC1. The molecule has 2 atom stereocenters. The van der Waals surface area contributed by atoms with Crippen LogP contribution in [0, 0.1) is 23.6 Å². The van der Waals surface area contributed by atoms with Gasteiger partial charge in [0.1, 0.15) is 5.82 Å². The first kappa shape index (κ1) is 30.7. The summed E-state index contributed by atoms with van der Waals surface area (Å²) in [5, 5.41) is 9.24. The lowest BCUT2D eigenvalue weighted by Crippen LogP contribution is -2.38. The van der Waals surface area contributed by atoms with Gasteiger partial charge in [-0.05, 0) is 120 Å². The molecule has 0 spiro atoms. The number of nitrogens with two attached hydrogens (primary N) is 2. The highest BCUT2D eigenvalue weighted by Gasteiger charge is 2.27. The van der Waals surface area contributed by atoms with E-state index in [1.165, 1.54) is 44.2 Å². The van der Waals surface area contributed by atoms with Crippen LogP contribution in [0.3, 0.4) is 0 Å². The molecular weight excluding hydrogens is 481 g/mol. The van der Waals surface area contributed by atoms with Crippen molar-refractivity contribution in [3.05, 3.63) is 35.6 Å². The van der Waals surface area contributed by atoms with Gasteiger partial charge in [0.2, 0.25) is 5.91 Å². The van der Waals surface area contributed by atoms with E-state index in [-0.39, 0.29) is 41.9 Å². The molecule has 1 aromatic rings. The zero-order chi connectivity index (χ0) is 25.2. The number of piperidine rings is 1. The molecule has 6 nitrogen and oxygen atoms in total. The normalized spacial score (nSPS) is 27.3. The number of ketones is 1. The Morgan fingerprint density at radius 2 is 1.58 bits per heavy atom. The summed E-state index contributed by atoms with van der Waals surface area (Å²) in [6.07, 6.45) is 12.0. The summed E-state index contributed by atoms with van der Waals surface area (Å²) in [5.74, 6) is 0.907. The van der Waals surface area contributed by atoms with Crippen LogP contribution in [0.2, 0.25) is 0 Å². The molecule has 0 aromatic heterocycles. The Kier molecular flexibility index (Phi) is 13.3. The summed E-state index contributed by atoms with van der Waals surface area (Å²) in [7, 11) is 0. The summed E-state index contributed by atoms with van der Waals surface area (Å²) in [4.78, 5) is 25.5. The number of primary amides is 1. The molecule has 0 bridgehead atoms. The topological polar surface area (TPSA) is 110 Å². The van der Waals surface area contributed by atoms with Crippen molar-refractivity contribution in [2.75, 3.05) is 19.6 Å². The molecule has 204 valence electrons. The predicted molar refractivity (Wildman–Crippen MR) is 143 cm³/mol. The van der Waals surface area contributed by atoms with Crippen molar-refractivity contribution in [3.63, 3.8) is 0 Å². The van der Waals surface area contributed by atoms with E-state index in [2.05, 4.69) is 4.90 Å². The van der Waals surface area contributed by atoms with Gasteiger partial charge >= 0.3 is 0 Å². The maximum atomic E-state index is 13.0. The average molecular weight is 526 g/mol. The molecule has 8 heteroatoms. The van der Waals surface area contributed by atoms with Crippen LogP contribution in [0.15, 0.2) is 24.3 Å². The van der Waals surface area contributed by atoms with Crippen LogP contribution < -0.4 is 11.5 Å². The van der Waals surface area contributed by atoms with E-state index < -0.39 is 0 Å². The number of nitrogens with zero attached hydrogens (tertiary/aromatic N) is 1. The van der Waals surface area contributed by atoms with Crippen molar-refractivity contribution in [2.24, 2.45) is 29.2 Å². The van der Waals surface area contributed by atoms with Gasteiger partial charge in [-0.3, -0.25) is 9.59 Å². The highest BCUT2D eigenvalue weighted by Crippen LogP contribution is 2.28. The zero-order valence-electron chi connectivity index (χ0n) is 21.5. The molecule has 36 heavy (non-hydrogen) atoms. The first-order chi connectivity index (χ1) is 16.8. The second kappa shape index (κ2) is 15.7. The van der Waals surface area contributed by atoms with Crippen LogP contribution in [0.5, 0.6) is 0 Å². The lowest BCUT2D eigenvalue weighted by Gasteiger charge is -2.33. The fourth-order valence-corrected chi connectivity index (χ4v) is 5.84. The fourth-order valence-electron chi connectivity index (χ4n) is 5.84. The van der Waals surface area contributed by atoms with Gasteiger partial charge in [-0.2, -0.15) is 0 Å². The fraction of sp³-hybridized carbons (Fsp3) is 0.714. The average Bonchev–Trinajstić information content (AvgIpc) is 2.84. The Morgan fingerprint density at radius 1 is 0.944 bits per heavy atom. The predicted octanol–water partition coefficient (Wildman–Crippen LogP) is 4.46. The molecular formula is C28H45ClFN3O3. The number of aliphatic hydroxyl groups excluding tert-OH is 1. The monoisotopic (exact) mass is 525 g/mol. The number of rotatable bonds is 7. The van der Waals surface area contributed by atoms with Gasteiger partial charge in [-0.15, -0.1) is 12.4 Å². The Labute approximate surface area is 221 Å². The molecule has 0 radical (unpaired) electrons. The summed E-state index contributed by atoms with van der Waals surface area (Å²) in [5.41, 5.74) is 11.7. The molecule has 1 amide bonds. The van der Waals surface area contributed by atoms with Crippen LogP contribution in [0.4, 0.5) is 4.39 Å². The van der Waals surface area contributed by atoms with E-state index in [0.29, 0.717) is 23.9 Å². The van der Waals surface area contributed by atoms with E-state index in [0.717, 1.165) is 64.1 Å². The van der Waals surface area contributed by atoms with E-state index in [1.807, 2.05) is 0 Å². The van der Waals surface area contributed by atoms with E-state index in [1.54, 1.807) is 12.1 Å². The molecule has 1 heterocycles. The Morgan fingerprint density at radius 3 is 2.17 bits per heavy atom. The minimum Gasteiger partial charge on any atom is -0.393 e. The first-order valence-electron chi connectivity index (χ1n) is 13.5. The number of amides is 1. The zero-order valence-corrected chi connectivity index (χ0v) is 22.3. The maximum absolute atomic E-state index is 13.0. The van der Waals surface area contributed by atoms with Gasteiger partial charge in [-0.1, -0.05) is 6.42 Å². The van der Waals surface area contributed by atoms with Crippen molar-refractivity contribution >= 4 is 24.1 Å². The van der Waals surface area contributed by atoms with Gasteiger partial charge in [0, 0.05) is 23.9 Å². The van der Waals surface area contributed by atoms with E-state index in [4.69, 9.17) is 11.5 Å². The van der Waals surface area contributed by atoms with E-state index >= 15 is 0 Å². The number of carbonyl (C=O) groups excluding carboxylic acids is 2. The lowest BCUT2D eigenvalue weighted by molar-refractivity contribution is -0.119. The quantitative estimate of drug-likeness (QED) is 0.455. The van der Waals surface area contributed by atoms with Crippen LogP contribution in [-0.2, 0) is 4.79 Å². The Balaban J connectivity index is 0.000000321.